The molecule has 8 fully saturated rings. The second-order valence-corrected chi connectivity index (χ2v) is 25.7. The van der Waals surface area contributed by atoms with Gasteiger partial charge in [0.2, 0.25) is 0 Å². The molecule has 0 radical (unpaired) electrons. The molecule has 30 atom stereocenters. The van der Waals surface area contributed by atoms with E-state index in [9.17, 15) is 76.6 Å². The Balaban J connectivity index is 1.02. The van der Waals surface area contributed by atoms with E-state index in [0.29, 0.717) is 38.5 Å². The summed E-state index contributed by atoms with van der Waals surface area (Å²) in [6, 6.07) is 0. The molecule has 8 aliphatic rings. The van der Waals surface area contributed by atoms with E-state index >= 15 is 0 Å². The second kappa shape index (κ2) is 23.5. The van der Waals surface area contributed by atoms with Gasteiger partial charge in [-0.15, -0.1) is 0 Å². The summed E-state index contributed by atoms with van der Waals surface area (Å²) < 4.78 is 49.0. The lowest BCUT2D eigenvalue weighted by atomic mass is 9.35. The van der Waals surface area contributed by atoms with E-state index in [0.717, 1.165) is 24.8 Å². The van der Waals surface area contributed by atoms with E-state index in [-0.39, 0.29) is 41.1 Å². The summed E-state index contributed by atoms with van der Waals surface area (Å²) >= 11 is 0. The Bertz CT molecular complexity index is 2000. The molecule has 77 heavy (non-hydrogen) atoms. The molecule has 0 amide bonds. The van der Waals surface area contributed by atoms with Gasteiger partial charge in [-0.25, -0.2) is 0 Å². The van der Waals surface area contributed by atoms with E-state index in [1.165, 1.54) is 6.92 Å². The van der Waals surface area contributed by atoms with Gasteiger partial charge in [-0.3, -0.25) is 0 Å². The molecule has 4 heterocycles. The molecule has 0 aromatic heterocycles. The summed E-state index contributed by atoms with van der Waals surface area (Å²) in [4.78, 5) is 0. The molecular formula is C54H92O23. The first-order valence-electron chi connectivity index (χ1n) is 27.9. The fourth-order valence-corrected chi connectivity index (χ4v) is 16.2. The van der Waals surface area contributed by atoms with Crippen molar-refractivity contribution >= 4 is 0 Å². The molecule has 446 valence electrons. The summed E-state index contributed by atoms with van der Waals surface area (Å²) in [6.45, 7) is 14.4. The molecule has 0 spiro atoms. The number of ether oxygens (including phenoxy) is 8. The summed E-state index contributed by atoms with van der Waals surface area (Å²) in [7, 11) is 0. The zero-order valence-electron chi connectivity index (χ0n) is 45.8. The number of hydrogen-bond donors (Lipinski definition) is 15. The lowest BCUT2D eigenvalue weighted by molar-refractivity contribution is -0.378. The van der Waals surface area contributed by atoms with Crippen LogP contribution in [-0.2, 0) is 37.9 Å². The van der Waals surface area contributed by atoms with E-state index in [2.05, 4.69) is 34.6 Å². The van der Waals surface area contributed by atoms with Crippen molar-refractivity contribution in [2.24, 2.45) is 45.3 Å². The standard InChI is InChI=1S/C54H92O23/c1-23(19-55)10-9-14-54(8,77-48-44(69)40(65)37(62)29(74-48)22-70-46-42(67)38(63)34(59)24(2)71-46)25-11-16-53(7)33(25)26(58)18-31-51(5)15-13-32(50(3,4)30(51)12-17-52(31,53)6)75-49-45(41(66)36(61)28(21-57)73-49)76-47-43(68)39(64)35(60)27(20-56)72-47/h10,24-49,55-69H,9,11-22H2,1-8H3/b23-10+/t24-,25?,26?,27+,28+,29+,30?,31?,32?,33?,34+,35+,36+,37+,38+,39-,40-,41-,42+,43+,44+,45+,46+,47-,48-,49-,51?,52?,53?,54?/m0/s1. The highest BCUT2D eigenvalue weighted by Crippen LogP contribution is 2.76. The quantitative estimate of drug-likeness (QED) is 0.0576. The van der Waals surface area contributed by atoms with Crippen LogP contribution in [0.4, 0.5) is 0 Å². The van der Waals surface area contributed by atoms with Crippen LogP contribution in [0.25, 0.3) is 0 Å². The van der Waals surface area contributed by atoms with Crippen LogP contribution < -0.4 is 0 Å². The average Bonchev–Trinajstić information content (AvgIpc) is 3.92. The van der Waals surface area contributed by atoms with Gasteiger partial charge in [0.05, 0.1) is 50.3 Å². The van der Waals surface area contributed by atoms with Crippen LogP contribution in [0.15, 0.2) is 11.6 Å². The van der Waals surface area contributed by atoms with Gasteiger partial charge in [0.25, 0.3) is 0 Å². The minimum atomic E-state index is -1.82. The Hall–Kier alpha value is -1.18. The Morgan fingerprint density at radius 3 is 1.78 bits per heavy atom. The molecule has 4 saturated heterocycles. The maximum absolute atomic E-state index is 12.8. The van der Waals surface area contributed by atoms with Crippen molar-refractivity contribution in [1.82, 2.24) is 0 Å². The molecule has 4 aliphatic heterocycles. The van der Waals surface area contributed by atoms with Crippen molar-refractivity contribution in [3.63, 3.8) is 0 Å². The highest BCUT2D eigenvalue weighted by Gasteiger charge is 2.72. The van der Waals surface area contributed by atoms with E-state index in [1.807, 2.05) is 19.9 Å². The summed E-state index contributed by atoms with van der Waals surface area (Å²) in [5.41, 5.74) is -2.05. The monoisotopic (exact) mass is 1110 g/mol. The molecule has 0 aromatic carbocycles. The topological polar surface area (TPSA) is 377 Å². The third kappa shape index (κ3) is 10.9. The molecule has 23 heteroatoms. The maximum atomic E-state index is 12.8. The smallest absolute Gasteiger partial charge is 0.187 e. The molecule has 4 aliphatic carbocycles. The minimum absolute atomic E-state index is 0.0233. The third-order valence-corrected chi connectivity index (χ3v) is 21.0. The van der Waals surface area contributed by atoms with Crippen molar-refractivity contribution < 1.29 is 114 Å². The number of aliphatic hydroxyl groups excluding tert-OH is 15. The van der Waals surface area contributed by atoms with Gasteiger partial charge in [0, 0.05) is 0 Å². The normalized spacial score (nSPS) is 53.0. The molecule has 4 saturated carbocycles. The molecule has 8 rings (SSSR count). The highest BCUT2D eigenvalue weighted by molar-refractivity contribution is 5.21. The first kappa shape index (κ1) is 61.9. The SMILES string of the molecule is C/C(=C\CCC(C)(O[C@@H]1O[C@H](CO[C@@H]2O[C@@H](C)[C@@H](O)[C@@H](O)[C@H]2O)[C@@H](O)[C@H](O)[C@H]1O)C1CCC2(C)C1C(O)CC1C3(C)CCC(O[C@@H]4O[C@H](CO)[C@@H](O)[C@H](O)[C@H]4O[C@@H]4O[C@H](CO)[C@@H](O)[C@H](O)[C@H]4O)C(C)(C)C3CCC12C)CO. The van der Waals surface area contributed by atoms with Crippen LogP contribution in [0.3, 0.4) is 0 Å². The van der Waals surface area contributed by atoms with Gasteiger partial charge >= 0.3 is 0 Å². The summed E-state index contributed by atoms with van der Waals surface area (Å²) in [6.07, 6.45) is -24.7. The summed E-state index contributed by atoms with van der Waals surface area (Å²) in [5.74, 6) is -0.566. The van der Waals surface area contributed by atoms with Gasteiger partial charge in [-0.1, -0.05) is 46.3 Å². The van der Waals surface area contributed by atoms with E-state index in [4.69, 9.17) is 37.9 Å². The number of rotatable bonds is 16. The Labute approximate surface area is 450 Å². The number of aliphatic hydroxyl groups is 15. The largest absolute Gasteiger partial charge is 0.394 e. The van der Waals surface area contributed by atoms with Crippen molar-refractivity contribution in [2.75, 3.05) is 26.4 Å². The Morgan fingerprint density at radius 1 is 0.584 bits per heavy atom. The predicted octanol–water partition coefficient (Wildman–Crippen LogP) is -2.20. The highest BCUT2D eigenvalue weighted by atomic mass is 16.8. The van der Waals surface area contributed by atoms with Gasteiger partial charge in [0.15, 0.2) is 25.2 Å². The number of allylic oxidation sites excluding steroid dienone is 1. The molecule has 10 unspecified atom stereocenters. The average molecular weight is 1110 g/mol. The Kier molecular flexibility index (Phi) is 18.9. The fourth-order valence-electron chi connectivity index (χ4n) is 16.2. The van der Waals surface area contributed by atoms with Crippen molar-refractivity contribution in [3.05, 3.63) is 11.6 Å². The molecule has 23 nitrogen and oxygen atoms in total. The third-order valence-electron chi connectivity index (χ3n) is 21.0. The predicted molar refractivity (Wildman–Crippen MR) is 266 cm³/mol. The summed E-state index contributed by atoms with van der Waals surface area (Å²) in [5, 5.41) is 162. The van der Waals surface area contributed by atoms with Crippen LogP contribution >= 0.6 is 0 Å². The lowest BCUT2D eigenvalue weighted by Crippen LogP contribution is -2.68. The van der Waals surface area contributed by atoms with Crippen LogP contribution in [-0.4, -0.2) is 244 Å². The molecule has 0 aromatic rings. The van der Waals surface area contributed by atoms with Crippen molar-refractivity contribution in [1.29, 1.82) is 0 Å². The first-order chi connectivity index (χ1) is 36.0. The van der Waals surface area contributed by atoms with Crippen LogP contribution in [0.1, 0.15) is 113 Å². The fraction of sp³-hybridized carbons (Fsp3) is 0.963. The Morgan fingerprint density at radius 2 is 1.14 bits per heavy atom. The van der Waals surface area contributed by atoms with E-state index in [1.54, 1.807) is 0 Å². The minimum Gasteiger partial charge on any atom is -0.394 e. The zero-order chi connectivity index (χ0) is 56.6. The van der Waals surface area contributed by atoms with Crippen LogP contribution in [0.2, 0.25) is 0 Å². The number of hydrogen-bond acceptors (Lipinski definition) is 23. The van der Waals surface area contributed by atoms with Crippen molar-refractivity contribution in [3.8, 4) is 0 Å². The number of fused-ring (bicyclic) bond motifs is 5. The zero-order valence-corrected chi connectivity index (χ0v) is 45.8. The van der Waals surface area contributed by atoms with E-state index < -0.39 is 171 Å². The maximum Gasteiger partial charge on any atom is 0.187 e. The van der Waals surface area contributed by atoms with Crippen molar-refractivity contribution in [2.45, 2.75) is 254 Å². The van der Waals surface area contributed by atoms with Crippen LogP contribution in [0, 0.1) is 45.3 Å². The van der Waals surface area contributed by atoms with Gasteiger partial charge in [-0.05, 0) is 124 Å². The lowest BCUT2D eigenvalue weighted by Gasteiger charge is -2.71. The molecular weight excluding hydrogens is 1020 g/mol. The van der Waals surface area contributed by atoms with Gasteiger partial charge in [0.1, 0.15) is 91.6 Å². The second-order valence-electron chi connectivity index (χ2n) is 25.7. The molecule has 0 bridgehead atoms. The van der Waals surface area contributed by atoms with Gasteiger partial charge < -0.3 is 114 Å². The van der Waals surface area contributed by atoms with Gasteiger partial charge in [-0.2, -0.15) is 0 Å². The van der Waals surface area contributed by atoms with Crippen LogP contribution in [0.5, 0.6) is 0 Å². The molecule has 15 N–H and O–H groups in total. The first-order valence-corrected chi connectivity index (χ1v) is 27.9.